The van der Waals surface area contributed by atoms with Crippen LogP contribution >= 0.6 is 0 Å². The van der Waals surface area contributed by atoms with E-state index in [0.29, 0.717) is 38.9 Å². The molecule has 1 aliphatic heterocycles. The first-order chi connectivity index (χ1) is 23.2. The molecule has 0 unspecified atom stereocenters. The fourth-order valence-corrected chi connectivity index (χ4v) is 5.37. The normalized spacial score (nSPS) is 14.8. The van der Waals surface area contributed by atoms with Gasteiger partial charge in [-0.15, -0.1) is 23.7 Å². The molecule has 47 heavy (non-hydrogen) atoms. The Morgan fingerprint density at radius 3 is 1.21 bits per heavy atom. The third kappa shape index (κ3) is 27.9. The molecule has 5 heteroatoms. The number of hydrogen-bond acceptors (Lipinski definition) is 5. The molecular formula is C42H65NO4. The second kappa shape index (κ2) is 33.1. The molecule has 0 bridgehead atoms. The minimum absolute atomic E-state index is 0.121. The predicted octanol–water partition coefficient (Wildman–Crippen LogP) is 9.32. The van der Waals surface area contributed by atoms with Gasteiger partial charge in [0, 0.05) is 63.5 Å². The summed E-state index contributed by atoms with van der Waals surface area (Å²) in [7, 11) is 0. The van der Waals surface area contributed by atoms with Gasteiger partial charge in [-0.2, -0.15) is 0 Å². The zero-order chi connectivity index (χ0) is 33.9. The highest BCUT2D eigenvalue weighted by Crippen LogP contribution is 2.19. The number of esters is 2. The number of carbonyl (C=O) groups is 2. The van der Waals surface area contributed by atoms with Crippen molar-refractivity contribution in [2.24, 2.45) is 11.8 Å². The van der Waals surface area contributed by atoms with Crippen LogP contribution in [-0.4, -0.2) is 38.2 Å². The lowest BCUT2D eigenvalue weighted by Gasteiger charge is -2.18. The lowest BCUT2D eigenvalue weighted by atomic mass is 9.98. The van der Waals surface area contributed by atoms with Gasteiger partial charge in [0.1, 0.15) is 0 Å². The maximum Gasteiger partial charge on any atom is 0.305 e. The summed E-state index contributed by atoms with van der Waals surface area (Å²) in [6.07, 6.45) is 24.1. The SMILES string of the molecule is CCCCCC#CCC#CCCCCCCCC(=O)OC[C@H]1CNC[C@@H]1COC(=O)CCCCCCCC#CCC#CCCCCC. The standard InChI is InChI=1S/C42H65NO4/c1-3-5-7-9-11-13-15-17-19-21-23-25-27-29-31-33-41(44)46-37-39-35-43-36-40(39)38-47-42(45)34-32-30-28-26-24-22-20-18-16-14-12-10-8-6-4-2/h39-40,43H,3-10,15-16,21-38H2,1-2H3/t39-,40-/m1/s1. The highest BCUT2D eigenvalue weighted by atomic mass is 16.5. The average molecular weight is 648 g/mol. The van der Waals surface area contributed by atoms with E-state index in [1.54, 1.807) is 0 Å². The van der Waals surface area contributed by atoms with Gasteiger partial charge in [0.05, 0.1) is 26.1 Å². The number of unbranched alkanes of at least 4 members (excludes halogenated alkanes) is 16. The minimum Gasteiger partial charge on any atom is -0.465 e. The Hall–Kier alpha value is -2.86. The van der Waals surface area contributed by atoms with Crippen LogP contribution in [0.3, 0.4) is 0 Å². The topological polar surface area (TPSA) is 64.6 Å². The van der Waals surface area contributed by atoms with Crippen molar-refractivity contribution in [2.45, 2.75) is 168 Å². The second-order valence-electron chi connectivity index (χ2n) is 12.8. The van der Waals surface area contributed by atoms with Crippen molar-refractivity contribution in [3.8, 4) is 47.4 Å². The maximum atomic E-state index is 12.3. The Bertz CT molecular complexity index is 967. The molecule has 0 saturated carbocycles. The molecular weight excluding hydrogens is 582 g/mol. The zero-order valence-corrected chi connectivity index (χ0v) is 30.1. The molecule has 1 saturated heterocycles. The maximum absolute atomic E-state index is 12.3. The van der Waals surface area contributed by atoms with Crippen molar-refractivity contribution in [2.75, 3.05) is 26.3 Å². The molecule has 262 valence electrons. The third-order valence-electron chi connectivity index (χ3n) is 8.43. The predicted molar refractivity (Wildman–Crippen MR) is 195 cm³/mol. The largest absolute Gasteiger partial charge is 0.465 e. The summed E-state index contributed by atoms with van der Waals surface area (Å²) < 4.78 is 11.2. The molecule has 0 aromatic heterocycles. The van der Waals surface area contributed by atoms with Crippen molar-refractivity contribution >= 4 is 11.9 Å². The fraction of sp³-hybridized carbons (Fsp3) is 0.762. The molecule has 0 spiro atoms. The molecule has 0 amide bonds. The van der Waals surface area contributed by atoms with Crippen molar-refractivity contribution in [3.05, 3.63) is 0 Å². The molecule has 0 aromatic rings. The third-order valence-corrected chi connectivity index (χ3v) is 8.43. The summed E-state index contributed by atoms with van der Waals surface area (Å²) in [5.41, 5.74) is 0. The van der Waals surface area contributed by atoms with Crippen LogP contribution in [0.5, 0.6) is 0 Å². The van der Waals surface area contributed by atoms with Crippen LogP contribution in [0.2, 0.25) is 0 Å². The Balaban J connectivity index is 1.98. The number of hydrogen-bond donors (Lipinski definition) is 1. The quantitative estimate of drug-likeness (QED) is 0.0643. The molecule has 0 aromatic carbocycles. The van der Waals surface area contributed by atoms with Gasteiger partial charge in [0.15, 0.2) is 0 Å². The van der Waals surface area contributed by atoms with E-state index in [0.717, 1.165) is 103 Å². The first kappa shape index (κ1) is 42.2. The van der Waals surface area contributed by atoms with Crippen molar-refractivity contribution in [3.63, 3.8) is 0 Å². The molecule has 5 nitrogen and oxygen atoms in total. The van der Waals surface area contributed by atoms with Crippen LogP contribution in [0, 0.1) is 59.2 Å². The smallest absolute Gasteiger partial charge is 0.305 e. The lowest BCUT2D eigenvalue weighted by molar-refractivity contribution is -0.149. The van der Waals surface area contributed by atoms with Gasteiger partial charge >= 0.3 is 11.9 Å². The zero-order valence-electron chi connectivity index (χ0n) is 30.1. The van der Waals surface area contributed by atoms with E-state index in [1.807, 2.05) is 0 Å². The van der Waals surface area contributed by atoms with Gasteiger partial charge in [-0.05, 0) is 38.5 Å². The van der Waals surface area contributed by atoms with E-state index >= 15 is 0 Å². The number of nitrogens with one attached hydrogen (secondary N) is 1. The Morgan fingerprint density at radius 2 is 0.830 bits per heavy atom. The minimum atomic E-state index is -0.121. The van der Waals surface area contributed by atoms with Gasteiger partial charge in [-0.25, -0.2) is 0 Å². The molecule has 2 atom stereocenters. The van der Waals surface area contributed by atoms with E-state index in [1.165, 1.54) is 38.5 Å². The first-order valence-corrected chi connectivity index (χ1v) is 19.0. The first-order valence-electron chi connectivity index (χ1n) is 19.0. The lowest BCUT2D eigenvalue weighted by Crippen LogP contribution is -2.25. The Kier molecular flexibility index (Phi) is 29.7. The van der Waals surface area contributed by atoms with E-state index in [4.69, 9.17) is 9.47 Å². The molecule has 1 N–H and O–H groups in total. The van der Waals surface area contributed by atoms with Crippen LogP contribution < -0.4 is 5.32 Å². The number of carbonyl (C=O) groups excluding carboxylic acids is 2. The highest BCUT2D eigenvalue weighted by Gasteiger charge is 2.29. The molecule has 0 radical (unpaired) electrons. The van der Waals surface area contributed by atoms with E-state index < -0.39 is 0 Å². The molecule has 1 aliphatic rings. The van der Waals surface area contributed by atoms with Gasteiger partial charge in [0.25, 0.3) is 0 Å². The summed E-state index contributed by atoms with van der Waals surface area (Å²) in [5, 5.41) is 3.35. The van der Waals surface area contributed by atoms with Gasteiger partial charge in [-0.1, -0.05) is 102 Å². The second-order valence-corrected chi connectivity index (χ2v) is 12.8. The van der Waals surface area contributed by atoms with Crippen LogP contribution in [-0.2, 0) is 19.1 Å². The van der Waals surface area contributed by atoms with Crippen molar-refractivity contribution < 1.29 is 19.1 Å². The molecule has 1 heterocycles. The molecule has 1 rings (SSSR count). The summed E-state index contributed by atoms with van der Waals surface area (Å²) in [6, 6.07) is 0. The molecule has 1 fully saturated rings. The van der Waals surface area contributed by atoms with Crippen LogP contribution in [0.4, 0.5) is 0 Å². The Labute approximate surface area is 289 Å². The number of rotatable bonds is 24. The van der Waals surface area contributed by atoms with Crippen LogP contribution in [0.15, 0.2) is 0 Å². The summed E-state index contributed by atoms with van der Waals surface area (Å²) in [5.74, 6) is 25.6. The Morgan fingerprint density at radius 1 is 0.489 bits per heavy atom. The highest BCUT2D eigenvalue weighted by molar-refractivity contribution is 5.69. The van der Waals surface area contributed by atoms with Gasteiger partial charge < -0.3 is 14.8 Å². The summed E-state index contributed by atoms with van der Waals surface area (Å²) in [4.78, 5) is 24.5. The van der Waals surface area contributed by atoms with Gasteiger partial charge in [0.2, 0.25) is 0 Å². The molecule has 0 aliphatic carbocycles. The van der Waals surface area contributed by atoms with Crippen molar-refractivity contribution in [1.29, 1.82) is 0 Å². The van der Waals surface area contributed by atoms with Gasteiger partial charge in [-0.3, -0.25) is 9.59 Å². The van der Waals surface area contributed by atoms with Crippen molar-refractivity contribution in [1.82, 2.24) is 5.32 Å². The summed E-state index contributed by atoms with van der Waals surface area (Å²) >= 11 is 0. The van der Waals surface area contributed by atoms with Crippen LogP contribution in [0.1, 0.15) is 168 Å². The van der Waals surface area contributed by atoms with Crippen LogP contribution in [0.25, 0.3) is 0 Å². The summed E-state index contributed by atoms with van der Waals surface area (Å²) in [6.45, 7) is 6.79. The average Bonchev–Trinajstić information content (AvgIpc) is 3.53. The fourth-order valence-electron chi connectivity index (χ4n) is 5.37. The van der Waals surface area contributed by atoms with E-state index in [2.05, 4.69) is 66.5 Å². The number of ether oxygens (including phenoxy) is 2. The van der Waals surface area contributed by atoms with E-state index in [-0.39, 0.29) is 23.8 Å². The monoisotopic (exact) mass is 647 g/mol. The van der Waals surface area contributed by atoms with E-state index in [9.17, 15) is 9.59 Å².